The van der Waals surface area contributed by atoms with Gasteiger partial charge < -0.3 is 40.3 Å². The quantitative estimate of drug-likeness (QED) is 0.188. The van der Waals surface area contributed by atoms with Crippen LogP contribution in [0.2, 0.25) is 0 Å². The molecule has 0 aliphatic carbocycles. The third-order valence-electron chi connectivity index (χ3n) is 3.73. The molecule has 1 amide bonds. The highest BCUT2D eigenvalue weighted by Crippen LogP contribution is 2.33. The summed E-state index contributed by atoms with van der Waals surface area (Å²) in [5.41, 5.74) is 0. The Labute approximate surface area is 147 Å². The van der Waals surface area contributed by atoms with Crippen molar-refractivity contribution in [1.29, 1.82) is 0 Å². The number of aliphatic hydroxyl groups excluding tert-OH is 4. The van der Waals surface area contributed by atoms with Crippen LogP contribution in [0.5, 0.6) is 0 Å². The molecular weight excluding hydrogens is 358 g/mol. The Morgan fingerprint density at radius 3 is 2.27 bits per heavy atom. The Balaban J connectivity index is 3.29. The van der Waals surface area contributed by atoms with E-state index in [2.05, 4.69) is 10.1 Å². The minimum absolute atomic E-state index is 0.670. The Morgan fingerprint density at radius 1 is 1.27 bits per heavy atom. The molecule has 0 saturated carbocycles. The number of carboxylic acids is 1. The Hall–Kier alpha value is -2.12. The lowest BCUT2D eigenvalue weighted by Gasteiger charge is -2.45. The Morgan fingerprint density at radius 2 is 1.85 bits per heavy atom. The van der Waals surface area contributed by atoms with E-state index in [1.54, 1.807) is 0 Å². The van der Waals surface area contributed by atoms with Gasteiger partial charge in [0.2, 0.25) is 11.7 Å². The summed E-state index contributed by atoms with van der Waals surface area (Å²) in [6.45, 7) is 0.948. The number of ether oxygens (including phenoxy) is 2. The molecule has 1 aliphatic rings. The predicted molar refractivity (Wildman–Crippen MR) is 79.3 cm³/mol. The molecule has 1 heterocycles. The average molecular weight is 379 g/mol. The number of carbonyl (C=O) groups excluding carboxylic acids is 3. The van der Waals surface area contributed by atoms with Gasteiger partial charge in [0, 0.05) is 13.8 Å². The van der Waals surface area contributed by atoms with E-state index in [4.69, 9.17) is 9.84 Å². The van der Waals surface area contributed by atoms with Crippen molar-refractivity contribution >= 4 is 23.6 Å². The lowest BCUT2D eigenvalue weighted by Crippen LogP contribution is -2.68. The third kappa shape index (κ3) is 4.74. The molecule has 6 atom stereocenters. The normalized spacial score (nSPS) is 30.8. The minimum atomic E-state index is -2.85. The van der Waals surface area contributed by atoms with Crippen molar-refractivity contribution in [3.8, 4) is 0 Å². The molecule has 26 heavy (non-hydrogen) atoms. The summed E-state index contributed by atoms with van der Waals surface area (Å²) in [4.78, 5) is 45.5. The fourth-order valence-electron chi connectivity index (χ4n) is 2.45. The highest BCUT2D eigenvalue weighted by atomic mass is 16.7. The van der Waals surface area contributed by atoms with Crippen molar-refractivity contribution in [2.24, 2.45) is 0 Å². The monoisotopic (exact) mass is 379 g/mol. The number of amides is 1. The molecule has 0 bridgehead atoms. The van der Waals surface area contributed by atoms with E-state index in [1.807, 2.05) is 0 Å². The van der Waals surface area contributed by atoms with E-state index >= 15 is 0 Å². The van der Waals surface area contributed by atoms with Gasteiger partial charge in [0.25, 0.3) is 0 Å². The molecule has 12 heteroatoms. The first-order chi connectivity index (χ1) is 11.9. The zero-order valence-electron chi connectivity index (χ0n) is 14.0. The molecule has 0 radical (unpaired) electrons. The number of hydrogen-bond donors (Lipinski definition) is 6. The first kappa shape index (κ1) is 21.9. The fourth-order valence-corrected chi connectivity index (χ4v) is 2.45. The van der Waals surface area contributed by atoms with Crippen molar-refractivity contribution in [3.63, 3.8) is 0 Å². The molecule has 1 saturated heterocycles. The molecule has 0 aromatic rings. The molecule has 148 valence electrons. The zero-order valence-corrected chi connectivity index (χ0v) is 14.0. The maximum Gasteiger partial charge on any atom is 0.377 e. The van der Waals surface area contributed by atoms with E-state index in [0.29, 0.717) is 0 Å². The molecule has 12 nitrogen and oxygen atoms in total. The van der Waals surface area contributed by atoms with Gasteiger partial charge >= 0.3 is 17.7 Å². The molecule has 0 spiro atoms. The van der Waals surface area contributed by atoms with Gasteiger partial charge in [-0.15, -0.1) is 0 Å². The summed E-state index contributed by atoms with van der Waals surface area (Å²) in [6.07, 6.45) is -8.15. The van der Waals surface area contributed by atoms with Crippen LogP contribution in [0, 0.1) is 0 Å². The highest BCUT2D eigenvalue weighted by molar-refractivity contribution is 6.32. The van der Waals surface area contributed by atoms with Gasteiger partial charge in [-0.1, -0.05) is 0 Å². The van der Waals surface area contributed by atoms with E-state index in [0.717, 1.165) is 13.8 Å². The second-order valence-corrected chi connectivity index (χ2v) is 5.82. The second kappa shape index (κ2) is 8.51. The number of aliphatic hydroxyl groups is 4. The van der Waals surface area contributed by atoms with Crippen molar-refractivity contribution < 1.29 is 54.2 Å². The van der Waals surface area contributed by atoms with E-state index < -0.39 is 72.9 Å². The van der Waals surface area contributed by atoms with Gasteiger partial charge in [-0.3, -0.25) is 9.59 Å². The van der Waals surface area contributed by atoms with E-state index in [9.17, 15) is 39.6 Å². The number of ketones is 1. The van der Waals surface area contributed by atoms with Gasteiger partial charge in [-0.05, 0) is 0 Å². The third-order valence-corrected chi connectivity index (χ3v) is 3.73. The van der Waals surface area contributed by atoms with Crippen molar-refractivity contribution in [2.75, 3.05) is 6.61 Å². The number of carboxylic acid groups (broad SMARTS) is 1. The minimum Gasteiger partial charge on any atom is -0.476 e. The van der Waals surface area contributed by atoms with Crippen LogP contribution in [0.3, 0.4) is 0 Å². The topological polar surface area (TPSA) is 200 Å². The predicted octanol–water partition coefficient (Wildman–Crippen LogP) is -3.73. The average Bonchev–Trinajstić information content (AvgIpc) is 2.54. The molecule has 0 aromatic heterocycles. The number of carbonyl (C=O) groups is 4. The van der Waals surface area contributed by atoms with Crippen LogP contribution in [-0.4, -0.2) is 92.0 Å². The smallest absolute Gasteiger partial charge is 0.377 e. The first-order valence-electron chi connectivity index (χ1n) is 7.52. The van der Waals surface area contributed by atoms with Crippen LogP contribution in [-0.2, 0) is 28.7 Å². The van der Waals surface area contributed by atoms with Gasteiger partial charge in [0.05, 0.1) is 25.2 Å². The number of nitrogens with one attached hydrogen (secondary N) is 1. The van der Waals surface area contributed by atoms with E-state index in [-0.39, 0.29) is 0 Å². The van der Waals surface area contributed by atoms with Crippen LogP contribution in [0.15, 0.2) is 0 Å². The SMILES string of the molecule is CC(=O)N[C@H]1[C@H]([C@H](O)[C@H](O)CO)O[C@](OC(=O)C(C)=O)(C(=O)O)C[C@@H]1O. The maximum absolute atomic E-state index is 11.6. The number of esters is 1. The van der Waals surface area contributed by atoms with Gasteiger partial charge in [-0.2, -0.15) is 0 Å². The van der Waals surface area contributed by atoms with Gasteiger partial charge in [0.1, 0.15) is 18.3 Å². The summed E-state index contributed by atoms with van der Waals surface area (Å²) in [5.74, 6) is -8.11. The van der Waals surface area contributed by atoms with Crippen LogP contribution in [0.25, 0.3) is 0 Å². The molecule has 6 N–H and O–H groups in total. The van der Waals surface area contributed by atoms with Crippen molar-refractivity contribution in [3.05, 3.63) is 0 Å². The Kier molecular flexibility index (Phi) is 7.17. The molecule has 0 unspecified atom stereocenters. The highest BCUT2D eigenvalue weighted by Gasteiger charge is 2.57. The van der Waals surface area contributed by atoms with Gasteiger partial charge in [0.15, 0.2) is 0 Å². The molecule has 1 rings (SSSR count). The van der Waals surface area contributed by atoms with E-state index in [1.165, 1.54) is 0 Å². The maximum atomic E-state index is 11.6. The molecular formula is C14H21NO11. The fraction of sp³-hybridized carbons (Fsp3) is 0.714. The summed E-state index contributed by atoms with van der Waals surface area (Å²) in [5, 5.41) is 50.5. The molecule has 0 aromatic carbocycles. The van der Waals surface area contributed by atoms with Crippen LogP contribution >= 0.6 is 0 Å². The van der Waals surface area contributed by atoms with Gasteiger partial charge in [-0.25, -0.2) is 9.59 Å². The largest absolute Gasteiger partial charge is 0.476 e. The molecule has 1 aliphatic heterocycles. The molecule has 1 fully saturated rings. The summed E-state index contributed by atoms with van der Waals surface area (Å²) >= 11 is 0. The first-order valence-corrected chi connectivity index (χ1v) is 7.52. The zero-order chi connectivity index (χ0) is 20.2. The second-order valence-electron chi connectivity index (χ2n) is 5.82. The number of Topliss-reactive ketones (excluding diaryl/α,β-unsaturated/α-hetero) is 1. The standard InChI is InChI=1S/C14H21NO11/c1-5(17)12(22)26-14(13(23)24)3-7(19)9(15-6(2)18)11(25-14)10(21)8(20)4-16/h7-11,16,19-21H,3-4H2,1-2H3,(H,15,18)(H,23,24)/t7-,8+,9+,10+,11+,14+/m0/s1. The van der Waals surface area contributed by atoms with Crippen molar-refractivity contribution in [1.82, 2.24) is 5.32 Å². The van der Waals surface area contributed by atoms with Crippen LogP contribution < -0.4 is 5.32 Å². The number of hydrogen-bond acceptors (Lipinski definition) is 10. The summed E-state index contributed by atoms with van der Waals surface area (Å²) < 4.78 is 9.72. The lowest BCUT2D eigenvalue weighted by molar-refractivity contribution is -0.300. The van der Waals surface area contributed by atoms with Crippen LogP contribution in [0.4, 0.5) is 0 Å². The number of rotatable bonds is 7. The lowest BCUT2D eigenvalue weighted by atomic mass is 9.88. The summed E-state index contributed by atoms with van der Waals surface area (Å²) in [6, 6.07) is -1.40. The van der Waals surface area contributed by atoms with Crippen LogP contribution in [0.1, 0.15) is 20.3 Å². The Bertz CT molecular complexity index is 579. The number of aliphatic carboxylic acids is 1. The van der Waals surface area contributed by atoms with Crippen molar-refractivity contribution in [2.45, 2.75) is 56.5 Å². The summed E-state index contributed by atoms with van der Waals surface area (Å²) in [7, 11) is 0.